The third-order valence-electron chi connectivity index (χ3n) is 10.3. The average Bonchev–Trinajstić information content (AvgIpc) is 3.09. The van der Waals surface area contributed by atoms with Crippen LogP contribution in [0, 0.1) is 5.92 Å². The zero-order chi connectivity index (χ0) is 35.4. The number of Topliss-reactive ketones (excluding diaryl/α,β-unsaturated/α-hetero) is 1. The first-order valence-corrected chi connectivity index (χ1v) is 22.5. The Bertz CT molecular complexity index is 571. The summed E-state index contributed by atoms with van der Waals surface area (Å²) in [5.74, 6) is 1.42. The topological polar surface area (TPSA) is 29.1 Å². The SMILES string of the molecule is C=CCC(CCCCCCCC)CCCCCCCC.CCCCCCCCCCCCC(=O)CCCCCNCCCCCCCC. The Morgan fingerprint density at radius 3 is 1.08 bits per heavy atom. The van der Waals surface area contributed by atoms with Crippen molar-refractivity contribution < 1.29 is 4.79 Å². The number of unbranched alkanes of at least 4 members (excludes halogenated alkanes) is 26. The summed E-state index contributed by atoms with van der Waals surface area (Å²) in [6.07, 6.45) is 50.2. The molecule has 0 aromatic heterocycles. The van der Waals surface area contributed by atoms with Gasteiger partial charge in [-0.25, -0.2) is 0 Å². The van der Waals surface area contributed by atoms with Gasteiger partial charge in [-0.05, 0) is 51.1 Å². The molecular formula is C46H93NO. The molecule has 0 saturated carbocycles. The molecule has 0 bridgehead atoms. The smallest absolute Gasteiger partial charge is 0.132 e. The standard InChI is InChI=1S/C26H53NO.C20H40/c1-3-5-7-9-11-12-13-14-15-18-22-26(28)23-19-17-21-25-27-24-20-16-10-8-6-4-2;1-4-7-9-11-13-15-18-20(17-6-3)19-16-14-12-10-8-5-2/h27H,3-25H2,1-2H3;6,20H,3-5,7-19H2,1-2H3. The maximum Gasteiger partial charge on any atom is 0.132 e. The molecule has 0 amide bonds. The van der Waals surface area contributed by atoms with E-state index in [9.17, 15) is 4.79 Å². The molecule has 0 aliphatic rings. The van der Waals surface area contributed by atoms with Gasteiger partial charge in [0.2, 0.25) is 0 Å². The Labute approximate surface area is 305 Å². The predicted octanol–water partition coefficient (Wildman–Crippen LogP) is 16.1. The molecule has 0 saturated heterocycles. The highest BCUT2D eigenvalue weighted by molar-refractivity contribution is 5.78. The zero-order valence-corrected chi connectivity index (χ0v) is 34.1. The number of hydrogen-bond donors (Lipinski definition) is 1. The van der Waals surface area contributed by atoms with Crippen molar-refractivity contribution in [2.45, 2.75) is 259 Å². The number of hydrogen-bond acceptors (Lipinski definition) is 2. The normalized spacial score (nSPS) is 11.2. The van der Waals surface area contributed by atoms with Crippen molar-refractivity contribution in [3.8, 4) is 0 Å². The van der Waals surface area contributed by atoms with Crippen LogP contribution in [0.1, 0.15) is 259 Å². The summed E-state index contributed by atoms with van der Waals surface area (Å²) in [4.78, 5) is 11.9. The summed E-state index contributed by atoms with van der Waals surface area (Å²) in [5, 5.41) is 3.55. The second-order valence-corrected chi connectivity index (χ2v) is 15.3. The molecular weight excluding hydrogens is 583 g/mol. The molecule has 0 radical (unpaired) electrons. The van der Waals surface area contributed by atoms with E-state index in [2.05, 4.69) is 45.7 Å². The lowest BCUT2D eigenvalue weighted by Crippen LogP contribution is -2.16. The molecule has 0 aliphatic heterocycles. The molecule has 2 heteroatoms. The first-order chi connectivity index (χ1) is 23.7. The largest absolute Gasteiger partial charge is 0.317 e. The van der Waals surface area contributed by atoms with E-state index in [0.29, 0.717) is 5.78 Å². The zero-order valence-electron chi connectivity index (χ0n) is 34.1. The van der Waals surface area contributed by atoms with Crippen molar-refractivity contribution in [2.75, 3.05) is 13.1 Å². The minimum Gasteiger partial charge on any atom is -0.317 e. The second-order valence-electron chi connectivity index (χ2n) is 15.3. The quantitative estimate of drug-likeness (QED) is 0.0517. The molecule has 1 N–H and O–H groups in total. The van der Waals surface area contributed by atoms with Crippen LogP contribution in [0.2, 0.25) is 0 Å². The van der Waals surface area contributed by atoms with Crippen molar-refractivity contribution in [1.82, 2.24) is 5.32 Å². The molecule has 0 unspecified atom stereocenters. The van der Waals surface area contributed by atoms with Crippen LogP contribution in [0.5, 0.6) is 0 Å². The highest BCUT2D eigenvalue weighted by Crippen LogP contribution is 2.22. The van der Waals surface area contributed by atoms with Crippen molar-refractivity contribution in [1.29, 1.82) is 0 Å². The van der Waals surface area contributed by atoms with Gasteiger partial charge >= 0.3 is 0 Å². The van der Waals surface area contributed by atoms with E-state index >= 15 is 0 Å². The van der Waals surface area contributed by atoms with Crippen LogP contribution < -0.4 is 5.32 Å². The van der Waals surface area contributed by atoms with Crippen LogP contribution in [0.25, 0.3) is 0 Å². The van der Waals surface area contributed by atoms with E-state index in [1.54, 1.807) is 0 Å². The van der Waals surface area contributed by atoms with Gasteiger partial charge in [-0.1, -0.05) is 220 Å². The summed E-state index contributed by atoms with van der Waals surface area (Å²) >= 11 is 0. The molecule has 0 aromatic rings. The van der Waals surface area contributed by atoms with Crippen LogP contribution >= 0.6 is 0 Å². The number of rotatable bonds is 40. The molecule has 2 nitrogen and oxygen atoms in total. The maximum absolute atomic E-state index is 11.9. The van der Waals surface area contributed by atoms with Crippen LogP contribution in [0.3, 0.4) is 0 Å². The Balaban J connectivity index is 0. The minimum atomic E-state index is 0.500. The van der Waals surface area contributed by atoms with Gasteiger partial charge in [-0.2, -0.15) is 0 Å². The highest BCUT2D eigenvalue weighted by atomic mass is 16.1. The van der Waals surface area contributed by atoms with Gasteiger partial charge in [-0.3, -0.25) is 4.79 Å². The van der Waals surface area contributed by atoms with Crippen LogP contribution in [0.15, 0.2) is 12.7 Å². The summed E-state index contributed by atoms with van der Waals surface area (Å²) < 4.78 is 0. The van der Waals surface area contributed by atoms with E-state index in [1.165, 1.54) is 212 Å². The molecule has 0 rings (SSSR count). The summed E-state index contributed by atoms with van der Waals surface area (Å²) in [5.41, 5.74) is 0. The van der Waals surface area contributed by atoms with Crippen molar-refractivity contribution >= 4 is 5.78 Å². The highest BCUT2D eigenvalue weighted by Gasteiger charge is 2.07. The average molecular weight is 676 g/mol. The van der Waals surface area contributed by atoms with E-state index in [-0.39, 0.29) is 0 Å². The summed E-state index contributed by atoms with van der Waals surface area (Å²) in [7, 11) is 0. The monoisotopic (exact) mass is 676 g/mol. The molecule has 0 aliphatic carbocycles. The second kappa shape index (κ2) is 46.4. The fourth-order valence-corrected chi connectivity index (χ4v) is 6.88. The fraction of sp³-hybridized carbons (Fsp3) is 0.935. The fourth-order valence-electron chi connectivity index (χ4n) is 6.88. The number of allylic oxidation sites excluding steroid dienone is 1. The van der Waals surface area contributed by atoms with Crippen LogP contribution in [0.4, 0.5) is 0 Å². The molecule has 288 valence electrons. The number of ketones is 1. The van der Waals surface area contributed by atoms with E-state index in [4.69, 9.17) is 0 Å². The minimum absolute atomic E-state index is 0.500. The Morgan fingerprint density at radius 1 is 0.438 bits per heavy atom. The lowest BCUT2D eigenvalue weighted by molar-refractivity contribution is -0.119. The van der Waals surface area contributed by atoms with Gasteiger partial charge in [0, 0.05) is 12.8 Å². The lowest BCUT2D eigenvalue weighted by Gasteiger charge is -2.15. The van der Waals surface area contributed by atoms with E-state index < -0.39 is 0 Å². The first kappa shape index (κ1) is 49.5. The molecule has 0 spiro atoms. The van der Waals surface area contributed by atoms with Gasteiger partial charge in [0.25, 0.3) is 0 Å². The molecule has 0 aromatic carbocycles. The van der Waals surface area contributed by atoms with Gasteiger partial charge in [0.1, 0.15) is 5.78 Å². The van der Waals surface area contributed by atoms with Crippen molar-refractivity contribution in [3.05, 3.63) is 12.7 Å². The summed E-state index contributed by atoms with van der Waals surface area (Å²) in [6, 6.07) is 0. The number of nitrogens with one attached hydrogen (secondary N) is 1. The van der Waals surface area contributed by atoms with Gasteiger partial charge in [-0.15, -0.1) is 6.58 Å². The molecule has 0 heterocycles. The van der Waals surface area contributed by atoms with Gasteiger partial charge < -0.3 is 5.32 Å². The number of carbonyl (C=O) groups is 1. The third kappa shape index (κ3) is 45.4. The van der Waals surface area contributed by atoms with Crippen molar-refractivity contribution in [3.63, 3.8) is 0 Å². The Kier molecular flexibility index (Phi) is 47.8. The lowest BCUT2D eigenvalue weighted by atomic mass is 9.91. The van der Waals surface area contributed by atoms with E-state index in [0.717, 1.165) is 38.1 Å². The maximum atomic E-state index is 11.9. The summed E-state index contributed by atoms with van der Waals surface area (Å²) in [6.45, 7) is 15.4. The van der Waals surface area contributed by atoms with Crippen LogP contribution in [-0.4, -0.2) is 18.9 Å². The Hall–Kier alpha value is -0.630. The van der Waals surface area contributed by atoms with Crippen molar-refractivity contribution in [2.24, 2.45) is 5.92 Å². The molecule has 0 atom stereocenters. The van der Waals surface area contributed by atoms with E-state index in [1.807, 2.05) is 0 Å². The third-order valence-corrected chi connectivity index (χ3v) is 10.3. The molecule has 0 fully saturated rings. The van der Waals surface area contributed by atoms with Gasteiger partial charge in [0.05, 0.1) is 0 Å². The Morgan fingerprint density at radius 2 is 0.729 bits per heavy atom. The predicted molar refractivity (Wildman–Crippen MR) is 220 cm³/mol. The molecule has 48 heavy (non-hydrogen) atoms. The first-order valence-electron chi connectivity index (χ1n) is 22.5. The number of carbonyl (C=O) groups excluding carboxylic acids is 1. The van der Waals surface area contributed by atoms with Crippen LogP contribution in [-0.2, 0) is 4.79 Å². The van der Waals surface area contributed by atoms with Gasteiger partial charge in [0.15, 0.2) is 0 Å².